The summed E-state index contributed by atoms with van der Waals surface area (Å²) in [6.45, 7) is 1.59. The smallest absolute Gasteiger partial charge is 0.243 e. The summed E-state index contributed by atoms with van der Waals surface area (Å²) >= 11 is 0. The Bertz CT molecular complexity index is 175. The summed E-state index contributed by atoms with van der Waals surface area (Å²) in [7, 11) is 0. The normalized spacial score (nSPS) is 14.3. The van der Waals surface area contributed by atoms with Gasteiger partial charge in [0.2, 0.25) is 5.91 Å². The fraction of sp³-hybridized carbons (Fsp3) is 0.333. The highest BCUT2D eigenvalue weighted by molar-refractivity contribution is 5.87. The molecule has 1 unspecified atom stereocenters. The molecule has 4 N–H and O–H groups in total. The average Bonchev–Trinajstić information content (AvgIpc) is 1.85. The summed E-state index contributed by atoms with van der Waals surface area (Å²) in [4.78, 5) is 20.2. The number of carbonyl (C=O) groups is 2. The zero-order valence-electron chi connectivity index (χ0n) is 5.70. The summed E-state index contributed by atoms with van der Waals surface area (Å²) in [6.07, 6.45) is 1.69. The lowest BCUT2D eigenvalue weighted by molar-refractivity contribution is -0.113. The molecule has 0 saturated heterocycles. The molecule has 0 aromatic carbocycles. The lowest BCUT2D eigenvalue weighted by Crippen LogP contribution is -2.15. The maximum absolute atomic E-state index is 10.2. The van der Waals surface area contributed by atoms with Crippen LogP contribution in [-0.4, -0.2) is 12.2 Å². The van der Waals surface area contributed by atoms with Crippen LogP contribution >= 0.6 is 0 Å². The quantitative estimate of drug-likeness (QED) is 0.397. The molecule has 0 spiro atoms. The first-order valence-corrected chi connectivity index (χ1v) is 2.79. The van der Waals surface area contributed by atoms with Gasteiger partial charge in [-0.1, -0.05) is 6.92 Å². The minimum atomic E-state index is -0.633. The number of hydrogen-bond acceptors (Lipinski definition) is 3. The predicted octanol–water partition coefficient (Wildman–Crippen LogP) is -0.851. The Kier molecular flexibility index (Phi) is 3.17. The molecule has 4 nitrogen and oxygen atoms in total. The number of hydrogen-bond donors (Lipinski definition) is 2. The summed E-state index contributed by atoms with van der Waals surface area (Å²) in [5.74, 6) is -1.07. The molecule has 0 saturated carbocycles. The first-order valence-electron chi connectivity index (χ1n) is 2.79. The fourth-order valence-electron chi connectivity index (χ4n) is 0.374. The van der Waals surface area contributed by atoms with E-state index in [0.717, 1.165) is 6.08 Å². The Morgan fingerprint density at radius 1 is 1.50 bits per heavy atom. The number of rotatable bonds is 3. The third kappa shape index (κ3) is 2.86. The molecule has 0 bridgehead atoms. The van der Waals surface area contributed by atoms with Crippen molar-refractivity contribution in [2.75, 3.05) is 0 Å². The van der Waals surface area contributed by atoms with Crippen LogP contribution in [-0.2, 0) is 9.59 Å². The van der Waals surface area contributed by atoms with E-state index in [0.29, 0.717) is 6.29 Å². The van der Waals surface area contributed by atoms with Crippen LogP contribution in [0.5, 0.6) is 0 Å². The molecular formula is C6H10N2O2. The van der Waals surface area contributed by atoms with Crippen molar-refractivity contribution in [1.29, 1.82) is 0 Å². The summed E-state index contributed by atoms with van der Waals surface area (Å²) in [5.41, 5.74) is 10.2. The van der Waals surface area contributed by atoms with E-state index in [1.165, 1.54) is 0 Å². The number of amides is 1. The van der Waals surface area contributed by atoms with Gasteiger partial charge in [0.15, 0.2) is 0 Å². The van der Waals surface area contributed by atoms with Crippen molar-refractivity contribution in [1.82, 2.24) is 0 Å². The summed E-state index contributed by atoms with van der Waals surface area (Å²) < 4.78 is 0. The Morgan fingerprint density at radius 2 is 2.00 bits per heavy atom. The SMILES string of the molecule is CC(C=O)/C(N)=C/C(N)=O. The van der Waals surface area contributed by atoms with Crippen molar-refractivity contribution < 1.29 is 9.59 Å². The first-order chi connectivity index (χ1) is 4.57. The van der Waals surface area contributed by atoms with E-state index in [1.807, 2.05) is 0 Å². The zero-order valence-corrected chi connectivity index (χ0v) is 5.70. The fourth-order valence-corrected chi connectivity index (χ4v) is 0.374. The van der Waals surface area contributed by atoms with Gasteiger partial charge in [0.25, 0.3) is 0 Å². The predicted molar refractivity (Wildman–Crippen MR) is 36.7 cm³/mol. The van der Waals surface area contributed by atoms with Crippen LogP contribution in [0, 0.1) is 5.92 Å². The van der Waals surface area contributed by atoms with Crippen LogP contribution in [0.25, 0.3) is 0 Å². The van der Waals surface area contributed by atoms with Gasteiger partial charge in [-0.15, -0.1) is 0 Å². The molecule has 56 valence electrons. The maximum atomic E-state index is 10.2. The van der Waals surface area contributed by atoms with Crippen LogP contribution in [0.2, 0.25) is 0 Å². The van der Waals surface area contributed by atoms with Crippen LogP contribution < -0.4 is 11.5 Å². The summed E-state index contributed by atoms with van der Waals surface area (Å²) in [6, 6.07) is 0. The Morgan fingerprint density at radius 3 is 2.30 bits per heavy atom. The maximum Gasteiger partial charge on any atom is 0.243 e. The molecule has 0 rings (SSSR count). The molecule has 4 heteroatoms. The topological polar surface area (TPSA) is 86.2 Å². The van der Waals surface area contributed by atoms with Gasteiger partial charge in [-0.05, 0) is 0 Å². The van der Waals surface area contributed by atoms with Gasteiger partial charge in [-0.3, -0.25) is 4.79 Å². The molecule has 0 fully saturated rings. The van der Waals surface area contributed by atoms with Gasteiger partial charge >= 0.3 is 0 Å². The van der Waals surface area contributed by atoms with Crippen molar-refractivity contribution >= 4 is 12.2 Å². The molecule has 1 amide bonds. The van der Waals surface area contributed by atoms with E-state index in [4.69, 9.17) is 11.5 Å². The second-order valence-corrected chi connectivity index (χ2v) is 1.97. The molecule has 0 aliphatic rings. The van der Waals surface area contributed by atoms with Gasteiger partial charge in [-0.2, -0.15) is 0 Å². The largest absolute Gasteiger partial charge is 0.401 e. The minimum Gasteiger partial charge on any atom is -0.401 e. The van der Waals surface area contributed by atoms with E-state index in [2.05, 4.69) is 0 Å². The Balaban J connectivity index is 4.18. The number of primary amides is 1. The number of nitrogens with two attached hydrogens (primary N) is 2. The molecular weight excluding hydrogens is 132 g/mol. The Labute approximate surface area is 58.9 Å². The highest BCUT2D eigenvalue weighted by atomic mass is 16.1. The van der Waals surface area contributed by atoms with E-state index in [1.54, 1.807) is 6.92 Å². The van der Waals surface area contributed by atoms with Crippen molar-refractivity contribution in [3.63, 3.8) is 0 Å². The van der Waals surface area contributed by atoms with E-state index >= 15 is 0 Å². The van der Waals surface area contributed by atoms with Crippen LogP contribution in [0.4, 0.5) is 0 Å². The molecule has 0 aliphatic carbocycles. The van der Waals surface area contributed by atoms with Crippen LogP contribution in [0.3, 0.4) is 0 Å². The molecule has 0 aromatic rings. The highest BCUT2D eigenvalue weighted by Crippen LogP contribution is 1.98. The van der Waals surface area contributed by atoms with Gasteiger partial charge < -0.3 is 16.3 Å². The van der Waals surface area contributed by atoms with Crippen LogP contribution in [0.1, 0.15) is 6.92 Å². The third-order valence-electron chi connectivity index (χ3n) is 1.04. The van der Waals surface area contributed by atoms with Crippen LogP contribution in [0.15, 0.2) is 11.8 Å². The number of allylic oxidation sites excluding steroid dienone is 1. The molecule has 0 heterocycles. The van der Waals surface area contributed by atoms with Crippen molar-refractivity contribution in [2.45, 2.75) is 6.92 Å². The second-order valence-electron chi connectivity index (χ2n) is 1.97. The molecule has 0 radical (unpaired) electrons. The van der Waals surface area contributed by atoms with Gasteiger partial charge in [-0.25, -0.2) is 0 Å². The number of aldehydes is 1. The van der Waals surface area contributed by atoms with E-state index in [-0.39, 0.29) is 5.70 Å². The molecule has 1 atom stereocenters. The third-order valence-corrected chi connectivity index (χ3v) is 1.04. The van der Waals surface area contributed by atoms with E-state index in [9.17, 15) is 9.59 Å². The van der Waals surface area contributed by atoms with Crippen molar-refractivity contribution in [3.8, 4) is 0 Å². The first kappa shape index (κ1) is 8.68. The highest BCUT2D eigenvalue weighted by Gasteiger charge is 2.02. The van der Waals surface area contributed by atoms with Gasteiger partial charge in [0.1, 0.15) is 6.29 Å². The minimum absolute atomic E-state index is 0.197. The zero-order chi connectivity index (χ0) is 8.15. The number of carbonyl (C=O) groups excluding carboxylic acids is 2. The monoisotopic (exact) mass is 142 g/mol. The van der Waals surface area contributed by atoms with Crippen molar-refractivity contribution in [2.24, 2.45) is 17.4 Å². The summed E-state index contributed by atoms with van der Waals surface area (Å²) in [5, 5.41) is 0. The van der Waals surface area contributed by atoms with Gasteiger partial charge in [0.05, 0.1) is 5.92 Å². The second kappa shape index (κ2) is 3.66. The Hall–Kier alpha value is -1.32. The molecule has 0 aromatic heterocycles. The molecule has 10 heavy (non-hydrogen) atoms. The standard InChI is InChI=1S/C6H10N2O2/c1-4(3-9)5(7)2-6(8)10/h2-4H,7H2,1H3,(H2,8,10)/b5-2-. The van der Waals surface area contributed by atoms with E-state index < -0.39 is 11.8 Å². The lowest BCUT2D eigenvalue weighted by Gasteiger charge is -2.00. The average molecular weight is 142 g/mol. The lowest BCUT2D eigenvalue weighted by atomic mass is 10.1. The van der Waals surface area contributed by atoms with Gasteiger partial charge in [0, 0.05) is 11.8 Å². The van der Waals surface area contributed by atoms with Crippen molar-refractivity contribution in [3.05, 3.63) is 11.8 Å². The molecule has 0 aliphatic heterocycles.